The lowest BCUT2D eigenvalue weighted by Gasteiger charge is -2.22. The highest BCUT2D eigenvalue weighted by Gasteiger charge is 2.18. The molecule has 0 amide bonds. The predicted octanol–water partition coefficient (Wildman–Crippen LogP) is 4.43. The minimum Gasteiger partial charge on any atom is -0.489 e. The van der Waals surface area contributed by atoms with Gasteiger partial charge < -0.3 is 9.84 Å². The Morgan fingerprint density at radius 3 is 2.90 bits per heavy atom. The van der Waals surface area contributed by atoms with Gasteiger partial charge in [0.05, 0.1) is 11.1 Å². The van der Waals surface area contributed by atoms with Gasteiger partial charge in [-0.15, -0.1) is 0 Å². The summed E-state index contributed by atoms with van der Waals surface area (Å²) in [6, 6.07) is 10.0. The van der Waals surface area contributed by atoms with Crippen LogP contribution in [0.25, 0.3) is 0 Å². The molecule has 0 bridgehead atoms. The molecule has 2 nitrogen and oxygen atoms in total. The van der Waals surface area contributed by atoms with E-state index in [2.05, 4.69) is 0 Å². The summed E-state index contributed by atoms with van der Waals surface area (Å²) in [5, 5.41) is 10.4. The maximum absolute atomic E-state index is 13.0. The van der Waals surface area contributed by atoms with Crippen molar-refractivity contribution in [2.45, 2.75) is 32.0 Å². The van der Waals surface area contributed by atoms with E-state index in [-0.39, 0.29) is 12.4 Å². The lowest BCUT2D eigenvalue weighted by Crippen LogP contribution is -2.09. The highest BCUT2D eigenvalue weighted by Crippen LogP contribution is 2.32. The summed E-state index contributed by atoms with van der Waals surface area (Å²) < 4.78 is 18.7. The molecule has 0 fully saturated rings. The fraction of sp³-hybridized carbons (Fsp3) is 0.294. The molecule has 0 unspecified atom stereocenters. The van der Waals surface area contributed by atoms with Gasteiger partial charge in [0.1, 0.15) is 18.2 Å². The molecule has 1 aliphatic rings. The Labute approximate surface area is 128 Å². The van der Waals surface area contributed by atoms with Gasteiger partial charge in [0.15, 0.2) is 0 Å². The van der Waals surface area contributed by atoms with Gasteiger partial charge in [-0.2, -0.15) is 0 Å². The van der Waals surface area contributed by atoms with Crippen LogP contribution in [0.4, 0.5) is 4.39 Å². The average Bonchev–Trinajstić information content (AvgIpc) is 2.47. The number of rotatable bonds is 3. The van der Waals surface area contributed by atoms with Crippen molar-refractivity contribution in [1.82, 2.24) is 0 Å². The average molecular weight is 307 g/mol. The first-order valence-electron chi connectivity index (χ1n) is 7.01. The summed E-state index contributed by atoms with van der Waals surface area (Å²) in [7, 11) is 0. The van der Waals surface area contributed by atoms with Crippen molar-refractivity contribution in [2.75, 3.05) is 0 Å². The summed E-state index contributed by atoms with van der Waals surface area (Å²) in [4.78, 5) is 0. The van der Waals surface area contributed by atoms with Crippen LogP contribution in [0.5, 0.6) is 5.75 Å². The zero-order valence-corrected chi connectivity index (χ0v) is 12.2. The van der Waals surface area contributed by atoms with Crippen LogP contribution in [0, 0.1) is 5.82 Å². The summed E-state index contributed by atoms with van der Waals surface area (Å²) in [6.07, 6.45) is 2.39. The van der Waals surface area contributed by atoms with Gasteiger partial charge in [0.25, 0.3) is 0 Å². The molecule has 1 N–H and O–H groups in total. The second-order valence-corrected chi connectivity index (χ2v) is 5.70. The zero-order chi connectivity index (χ0) is 14.8. The van der Waals surface area contributed by atoms with Crippen molar-refractivity contribution in [2.24, 2.45) is 0 Å². The molecule has 0 radical (unpaired) electrons. The van der Waals surface area contributed by atoms with Crippen LogP contribution in [-0.2, 0) is 13.0 Å². The van der Waals surface area contributed by atoms with E-state index in [4.69, 9.17) is 16.3 Å². The molecule has 2 aromatic rings. The van der Waals surface area contributed by atoms with E-state index in [1.165, 1.54) is 17.7 Å². The fourth-order valence-corrected chi connectivity index (χ4v) is 2.86. The molecule has 2 aromatic carbocycles. The Morgan fingerprint density at radius 1 is 1.24 bits per heavy atom. The molecule has 3 rings (SSSR count). The topological polar surface area (TPSA) is 29.5 Å². The molecule has 110 valence electrons. The van der Waals surface area contributed by atoms with E-state index >= 15 is 0 Å². The van der Waals surface area contributed by atoms with Gasteiger partial charge in [-0.25, -0.2) is 4.39 Å². The number of hydrogen-bond donors (Lipinski definition) is 1. The quantitative estimate of drug-likeness (QED) is 0.909. The van der Waals surface area contributed by atoms with Crippen LogP contribution in [0.1, 0.15) is 35.6 Å². The third kappa shape index (κ3) is 3.20. The molecule has 0 aliphatic heterocycles. The van der Waals surface area contributed by atoms with E-state index in [1.807, 2.05) is 18.2 Å². The van der Waals surface area contributed by atoms with Crippen LogP contribution in [-0.4, -0.2) is 5.11 Å². The molecule has 0 saturated heterocycles. The number of aliphatic hydroxyl groups is 1. The third-order valence-corrected chi connectivity index (χ3v) is 4.16. The first-order chi connectivity index (χ1) is 10.1. The van der Waals surface area contributed by atoms with E-state index in [1.54, 1.807) is 6.07 Å². The van der Waals surface area contributed by atoms with Crippen LogP contribution >= 0.6 is 11.6 Å². The third-order valence-electron chi connectivity index (χ3n) is 3.81. The van der Waals surface area contributed by atoms with Crippen LogP contribution in [0.15, 0.2) is 36.4 Å². The Hall–Kier alpha value is -1.58. The van der Waals surface area contributed by atoms with Crippen molar-refractivity contribution in [3.8, 4) is 5.75 Å². The van der Waals surface area contributed by atoms with Crippen LogP contribution in [0.3, 0.4) is 0 Å². The van der Waals surface area contributed by atoms with Gasteiger partial charge in [-0.05, 0) is 54.7 Å². The van der Waals surface area contributed by atoms with E-state index < -0.39 is 6.10 Å². The number of ether oxygens (including phenoxy) is 1. The Morgan fingerprint density at radius 2 is 2.10 bits per heavy atom. The van der Waals surface area contributed by atoms with Crippen molar-refractivity contribution in [3.63, 3.8) is 0 Å². The van der Waals surface area contributed by atoms with Crippen LogP contribution in [0.2, 0.25) is 5.02 Å². The summed E-state index contributed by atoms with van der Waals surface area (Å²) >= 11 is 5.97. The highest BCUT2D eigenvalue weighted by molar-refractivity contribution is 6.31. The minimum atomic E-state index is -0.410. The fourth-order valence-electron chi connectivity index (χ4n) is 2.64. The van der Waals surface area contributed by atoms with Gasteiger partial charge >= 0.3 is 0 Å². The number of benzene rings is 2. The first kappa shape index (κ1) is 14.4. The predicted molar refractivity (Wildman–Crippen MR) is 80.1 cm³/mol. The SMILES string of the molecule is O[C@H]1CCCc2ccc(OCc3ccc(F)cc3Cl)cc21. The lowest BCUT2D eigenvalue weighted by atomic mass is 9.89. The lowest BCUT2D eigenvalue weighted by molar-refractivity contribution is 0.156. The van der Waals surface area contributed by atoms with E-state index in [0.29, 0.717) is 10.8 Å². The number of hydrogen-bond acceptors (Lipinski definition) is 2. The Balaban J connectivity index is 1.75. The number of aliphatic hydroxyl groups excluding tert-OH is 1. The molecule has 0 spiro atoms. The number of aryl methyl sites for hydroxylation is 1. The molecule has 0 aromatic heterocycles. The normalized spacial score (nSPS) is 17.4. The van der Waals surface area contributed by atoms with E-state index in [9.17, 15) is 9.50 Å². The first-order valence-corrected chi connectivity index (χ1v) is 7.39. The maximum Gasteiger partial charge on any atom is 0.124 e. The molecule has 0 heterocycles. The van der Waals surface area contributed by atoms with Crippen LogP contribution < -0.4 is 4.74 Å². The summed E-state index contributed by atoms with van der Waals surface area (Å²) in [6.45, 7) is 0.272. The molecule has 4 heteroatoms. The molecule has 1 atom stereocenters. The second kappa shape index (κ2) is 6.04. The summed E-state index contributed by atoms with van der Waals surface area (Å²) in [5.74, 6) is 0.329. The zero-order valence-electron chi connectivity index (χ0n) is 11.5. The van der Waals surface area contributed by atoms with Gasteiger partial charge in [-0.1, -0.05) is 23.7 Å². The minimum absolute atomic E-state index is 0.272. The Bertz CT molecular complexity index is 657. The van der Waals surface area contributed by atoms with Crippen molar-refractivity contribution < 1.29 is 14.2 Å². The molecule has 1 aliphatic carbocycles. The number of halogens is 2. The van der Waals surface area contributed by atoms with Gasteiger partial charge in [0, 0.05) is 5.56 Å². The van der Waals surface area contributed by atoms with Crippen molar-refractivity contribution in [3.05, 3.63) is 63.9 Å². The van der Waals surface area contributed by atoms with Gasteiger partial charge in [0.2, 0.25) is 0 Å². The van der Waals surface area contributed by atoms with Gasteiger partial charge in [-0.3, -0.25) is 0 Å². The molecule has 21 heavy (non-hydrogen) atoms. The van der Waals surface area contributed by atoms with Crippen molar-refractivity contribution >= 4 is 11.6 Å². The molecule has 0 saturated carbocycles. The maximum atomic E-state index is 13.0. The standard InChI is InChI=1S/C17H16ClFO2/c18-16-8-13(19)6-4-12(16)10-21-14-7-5-11-2-1-3-17(20)15(11)9-14/h4-9,17,20H,1-3,10H2/t17-/m0/s1. The molecular weight excluding hydrogens is 291 g/mol. The monoisotopic (exact) mass is 306 g/mol. The highest BCUT2D eigenvalue weighted by atomic mass is 35.5. The molecular formula is C17H16ClFO2. The number of fused-ring (bicyclic) bond motifs is 1. The smallest absolute Gasteiger partial charge is 0.124 e. The summed E-state index contributed by atoms with van der Waals surface area (Å²) in [5.41, 5.74) is 2.86. The Kier molecular flexibility index (Phi) is 4.13. The second-order valence-electron chi connectivity index (χ2n) is 5.29. The van der Waals surface area contributed by atoms with E-state index in [0.717, 1.165) is 30.4 Å². The van der Waals surface area contributed by atoms with Crippen molar-refractivity contribution in [1.29, 1.82) is 0 Å². The largest absolute Gasteiger partial charge is 0.489 e.